The molecular formula is C14H19N. The first-order valence-electron chi connectivity index (χ1n) is 6.25. The SMILES string of the molecule is CC(C)c1cnc2c(c1)C1CCC2CC1. The van der Waals surface area contributed by atoms with E-state index in [-0.39, 0.29) is 0 Å². The van der Waals surface area contributed by atoms with Gasteiger partial charge in [0.15, 0.2) is 0 Å². The monoisotopic (exact) mass is 201 g/mol. The molecule has 0 radical (unpaired) electrons. The molecular weight excluding hydrogens is 182 g/mol. The van der Waals surface area contributed by atoms with Crippen molar-refractivity contribution in [1.82, 2.24) is 4.98 Å². The summed E-state index contributed by atoms with van der Waals surface area (Å²) in [4.78, 5) is 4.72. The molecule has 0 N–H and O–H groups in total. The van der Waals surface area contributed by atoms with Crippen LogP contribution in [0.2, 0.25) is 0 Å². The van der Waals surface area contributed by atoms with Crippen LogP contribution in [0.15, 0.2) is 12.3 Å². The van der Waals surface area contributed by atoms with Gasteiger partial charge in [0.2, 0.25) is 0 Å². The molecule has 1 saturated carbocycles. The quantitative estimate of drug-likeness (QED) is 0.670. The minimum Gasteiger partial charge on any atom is -0.260 e. The molecule has 0 saturated heterocycles. The lowest BCUT2D eigenvalue weighted by atomic mass is 9.69. The maximum atomic E-state index is 4.72. The molecule has 15 heavy (non-hydrogen) atoms. The Morgan fingerprint density at radius 2 is 1.80 bits per heavy atom. The molecule has 3 aliphatic rings. The molecule has 1 nitrogen and oxygen atoms in total. The average molecular weight is 201 g/mol. The molecule has 4 rings (SSSR count). The van der Waals surface area contributed by atoms with Crippen LogP contribution in [-0.4, -0.2) is 4.98 Å². The van der Waals surface area contributed by atoms with E-state index in [0.29, 0.717) is 5.92 Å². The standard InChI is InChI=1S/C14H19N/c1-9(2)12-7-13-10-3-5-11(6-4-10)14(13)15-8-12/h7-11H,3-6H2,1-2H3. The van der Waals surface area contributed by atoms with E-state index in [1.54, 1.807) is 5.56 Å². The minimum absolute atomic E-state index is 0.614. The molecule has 3 aliphatic carbocycles. The summed E-state index contributed by atoms with van der Waals surface area (Å²) in [5.41, 5.74) is 4.44. The number of hydrogen-bond acceptors (Lipinski definition) is 1. The Bertz CT molecular complexity index is 373. The summed E-state index contributed by atoms with van der Waals surface area (Å²) in [5, 5.41) is 0. The zero-order valence-electron chi connectivity index (χ0n) is 9.66. The van der Waals surface area contributed by atoms with Crippen LogP contribution >= 0.6 is 0 Å². The van der Waals surface area contributed by atoms with Crippen LogP contribution in [0.5, 0.6) is 0 Å². The molecule has 1 heterocycles. The van der Waals surface area contributed by atoms with Gasteiger partial charge in [-0.15, -0.1) is 0 Å². The highest BCUT2D eigenvalue weighted by Crippen LogP contribution is 2.48. The van der Waals surface area contributed by atoms with E-state index in [4.69, 9.17) is 4.98 Å². The second-order valence-electron chi connectivity index (χ2n) is 5.45. The number of aromatic nitrogens is 1. The van der Waals surface area contributed by atoms with Gasteiger partial charge in [-0.3, -0.25) is 4.98 Å². The third kappa shape index (κ3) is 1.40. The predicted octanol–water partition coefficient (Wildman–Crippen LogP) is 3.96. The van der Waals surface area contributed by atoms with Gasteiger partial charge in [-0.1, -0.05) is 19.9 Å². The summed E-state index contributed by atoms with van der Waals surface area (Å²) < 4.78 is 0. The summed E-state index contributed by atoms with van der Waals surface area (Å²) in [6.07, 6.45) is 7.67. The summed E-state index contributed by atoms with van der Waals surface area (Å²) in [6, 6.07) is 2.43. The van der Waals surface area contributed by atoms with Crippen molar-refractivity contribution in [2.45, 2.75) is 57.3 Å². The number of hydrogen-bond donors (Lipinski definition) is 0. The Morgan fingerprint density at radius 3 is 2.47 bits per heavy atom. The second kappa shape index (κ2) is 3.33. The fourth-order valence-electron chi connectivity index (χ4n) is 3.17. The largest absolute Gasteiger partial charge is 0.260 e. The average Bonchev–Trinajstić information content (AvgIpc) is 2.30. The van der Waals surface area contributed by atoms with Crippen LogP contribution in [0.25, 0.3) is 0 Å². The van der Waals surface area contributed by atoms with E-state index in [1.807, 2.05) is 0 Å². The van der Waals surface area contributed by atoms with Crippen molar-refractivity contribution >= 4 is 0 Å². The third-order valence-electron chi connectivity index (χ3n) is 4.19. The predicted molar refractivity (Wildman–Crippen MR) is 62.3 cm³/mol. The van der Waals surface area contributed by atoms with Gasteiger partial charge in [-0.25, -0.2) is 0 Å². The fourth-order valence-corrected chi connectivity index (χ4v) is 3.17. The lowest BCUT2D eigenvalue weighted by Gasteiger charge is -2.37. The molecule has 1 aromatic rings. The molecule has 0 aromatic carbocycles. The summed E-state index contributed by atoms with van der Waals surface area (Å²) >= 11 is 0. The van der Waals surface area contributed by atoms with E-state index >= 15 is 0 Å². The van der Waals surface area contributed by atoms with E-state index in [9.17, 15) is 0 Å². The van der Waals surface area contributed by atoms with Crippen molar-refractivity contribution < 1.29 is 0 Å². The van der Waals surface area contributed by atoms with Crippen LogP contribution in [0.4, 0.5) is 0 Å². The van der Waals surface area contributed by atoms with Crippen molar-refractivity contribution in [3.63, 3.8) is 0 Å². The maximum Gasteiger partial charge on any atom is 0.0469 e. The highest BCUT2D eigenvalue weighted by molar-refractivity contribution is 5.36. The zero-order valence-corrected chi connectivity index (χ0v) is 9.66. The number of nitrogens with zero attached hydrogens (tertiary/aromatic N) is 1. The van der Waals surface area contributed by atoms with Crippen molar-refractivity contribution in [3.05, 3.63) is 29.1 Å². The Labute approximate surface area is 91.9 Å². The van der Waals surface area contributed by atoms with E-state index in [0.717, 1.165) is 11.8 Å². The first-order chi connectivity index (χ1) is 7.25. The smallest absolute Gasteiger partial charge is 0.0469 e. The van der Waals surface area contributed by atoms with Crippen molar-refractivity contribution in [1.29, 1.82) is 0 Å². The lowest BCUT2D eigenvalue weighted by molar-refractivity contribution is 0.350. The number of rotatable bonds is 1. The van der Waals surface area contributed by atoms with E-state index < -0.39 is 0 Å². The first kappa shape index (κ1) is 9.38. The maximum absolute atomic E-state index is 4.72. The molecule has 0 aliphatic heterocycles. The highest BCUT2D eigenvalue weighted by Gasteiger charge is 2.33. The molecule has 80 valence electrons. The zero-order chi connectivity index (χ0) is 10.4. The Morgan fingerprint density at radius 1 is 1.13 bits per heavy atom. The normalized spacial score (nSPS) is 28.2. The topological polar surface area (TPSA) is 12.9 Å². The van der Waals surface area contributed by atoms with Gasteiger partial charge in [-0.05, 0) is 48.6 Å². The van der Waals surface area contributed by atoms with Crippen LogP contribution < -0.4 is 0 Å². The molecule has 0 spiro atoms. The Kier molecular flexibility index (Phi) is 2.08. The number of fused-ring (bicyclic) bond motifs is 2. The summed E-state index contributed by atoms with van der Waals surface area (Å²) in [5.74, 6) is 2.23. The van der Waals surface area contributed by atoms with Crippen molar-refractivity contribution in [2.24, 2.45) is 0 Å². The third-order valence-corrected chi connectivity index (χ3v) is 4.19. The first-order valence-corrected chi connectivity index (χ1v) is 6.25. The van der Waals surface area contributed by atoms with Crippen LogP contribution in [-0.2, 0) is 0 Å². The van der Waals surface area contributed by atoms with Crippen molar-refractivity contribution in [2.75, 3.05) is 0 Å². The Hall–Kier alpha value is -0.850. The van der Waals surface area contributed by atoms with Crippen molar-refractivity contribution in [3.8, 4) is 0 Å². The van der Waals surface area contributed by atoms with Crippen LogP contribution in [0.1, 0.15) is 74.1 Å². The van der Waals surface area contributed by atoms with E-state index in [1.165, 1.54) is 36.9 Å². The number of pyridine rings is 1. The molecule has 1 fully saturated rings. The molecule has 1 heteroatoms. The van der Waals surface area contributed by atoms with Crippen LogP contribution in [0, 0.1) is 0 Å². The van der Waals surface area contributed by atoms with Gasteiger partial charge < -0.3 is 0 Å². The molecule has 2 bridgehead atoms. The molecule has 0 unspecified atom stereocenters. The summed E-state index contributed by atoms with van der Waals surface area (Å²) in [6.45, 7) is 4.51. The molecule has 1 aromatic heterocycles. The lowest BCUT2D eigenvalue weighted by Crippen LogP contribution is -2.23. The van der Waals surface area contributed by atoms with Gasteiger partial charge in [0, 0.05) is 17.8 Å². The Balaban J connectivity index is 2.08. The van der Waals surface area contributed by atoms with Gasteiger partial charge in [-0.2, -0.15) is 0 Å². The minimum atomic E-state index is 0.614. The second-order valence-corrected chi connectivity index (χ2v) is 5.45. The highest BCUT2D eigenvalue weighted by atomic mass is 14.7. The van der Waals surface area contributed by atoms with Gasteiger partial charge in [0.25, 0.3) is 0 Å². The van der Waals surface area contributed by atoms with Gasteiger partial charge in [0.1, 0.15) is 0 Å². The van der Waals surface area contributed by atoms with Gasteiger partial charge in [0.05, 0.1) is 0 Å². The van der Waals surface area contributed by atoms with Gasteiger partial charge >= 0.3 is 0 Å². The molecule has 0 atom stereocenters. The summed E-state index contributed by atoms with van der Waals surface area (Å²) in [7, 11) is 0. The fraction of sp³-hybridized carbons (Fsp3) is 0.643. The molecule has 0 amide bonds. The van der Waals surface area contributed by atoms with Crippen LogP contribution in [0.3, 0.4) is 0 Å². The van der Waals surface area contributed by atoms with E-state index in [2.05, 4.69) is 26.1 Å².